The fourth-order valence-corrected chi connectivity index (χ4v) is 4.83. The minimum Gasteiger partial charge on any atom is -0.495 e. The van der Waals surface area contributed by atoms with Gasteiger partial charge in [-0.25, -0.2) is 8.42 Å². The molecule has 8 nitrogen and oxygen atoms in total. The summed E-state index contributed by atoms with van der Waals surface area (Å²) in [4.78, 5) is 24.0. The first-order chi connectivity index (χ1) is 13.4. The molecule has 3 rings (SSSR count). The number of rotatable bonds is 7. The van der Waals surface area contributed by atoms with Gasteiger partial charge in [0, 0.05) is 13.1 Å². The van der Waals surface area contributed by atoms with Crippen LogP contribution < -0.4 is 10.1 Å². The summed E-state index contributed by atoms with van der Waals surface area (Å²) in [6, 6.07) is 4.36. The maximum Gasteiger partial charge on any atom is 0.309 e. The van der Waals surface area contributed by atoms with Crippen molar-refractivity contribution in [1.29, 1.82) is 0 Å². The predicted molar refractivity (Wildman–Crippen MR) is 103 cm³/mol. The lowest BCUT2D eigenvalue weighted by molar-refractivity contribution is -0.154. The van der Waals surface area contributed by atoms with Crippen LogP contribution in [0.1, 0.15) is 38.5 Å². The zero-order chi connectivity index (χ0) is 20.1. The Labute approximate surface area is 165 Å². The van der Waals surface area contributed by atoms with Crippen molar-refractivity contribution < 1.29 is 27.5 Å². The van der Waals surface area contributed by atoms with Crippen LogP contribution >= 0.6 is 0 Å². The van der Waals surface area contributed by atoms with Crippen molar-refractivity contribution in [3.8, 4) is 5.75 Å². The minimum absolute atomic E-state index is 0.0944. The van der Waals surface area contributed by atoms with Crippen LogP contribution in [0.2, 0.25) is 0 Å². The van der Waals surface area contributed by atoms with Crippen LogP contribution in [-0.2, 0) is 24.3 Å². The Morgan fingerprint density at radius 1 is 1.14 bits per heavy atom. The third kappa shape index (κ3) is 4.64. The number of benzene rings is 1. The number of hydrogen-bond donors (Lipinski definition) is 1. The fraction of sp³-hybridized carbons (Fsp3) is 0.579. The van der Waals surface area contributed by atoms with E-state index < -0.39 is 22.5 Å². The van der Waals surface area contributed by atoms with E-state index in [0.717, 1.165) is 38.5 Å². The van der Waals surface area contributed by atoms with Gasteiger partial charge in [-0.15, -0.1) is 0 Å². The molecule has 1 saturated heterocycles. The molecule has 0 unspecified atom stereocenters. The molecule has 2 aliphatic rings. The molecule has 0 spiro atoms. The standard InChI is InChI=1S/C19H26N2O6S/c1-26-17-9-8-15(28(24,25)21-10-3-2-4-11-21)12-16(17)20-18(22)13-27-19(23)14-6-5-7-14/h8-9,12,14H,2-7,10-11,13H2,1H3,(H,20,22). The fourth-order valence-electron chi connectivity index (χ4n) is 3.28. The number of nitrogens with zero attached hydrogens (tertiary/aromatic N) is 1. The van der Waals surface area contributed by atoms with Gasteiger partial charge in [-0.2, -0.15) is 4.31 Å². The number of ether oxygens (including phenoxy) is 2. The van der Waals surface area contributed by atoms with E-state index in [4.69, 9.17) is 9.47 Å². The largest absolute Gasteiger partial charge is 0.495 e. The van der Waals surface area contributed by atoms with E-state index in [1.165, 1.54) is 29.6 Å². The zero-order valence-corrected chi connectivity index (χ0v) is 16.8. The first-order valence-corrected chi connectivity index (χ1v) is 11.0. The summed E-state index contributed by atoms with van der Waals surface area (Å²) >= 11 is 0. The quantitative estimate of drug-likeness (QED) is 0.691. The lowest BCUT2D eigenvalue weighted by atomic mass is 9.86. The van der Waals surface area contributed by atoms with Crippen LogP contribution in [0.25, 0.3) is 0 Å². The molecule has 1 aromatic carbocycles. The molecule has 1 aromatic rings. The second-order valence-electron chi connectivity index (χ2n) is 7.11. The summed E-state index contributed by atoms with van der Waals surface area (Å²) in [5.74, 6) is -0.690. The SMILES string of the molecule is COc1ccc(S(=O)(=O)N2CCCCC2)cc1NC(=O)COC(=O)C1CCC1. The molecule has 2 fully saturated rings. The van der Waals surface area contributed by atoms with E-state index in [0.29, 0.717) is 18.8 Å². The van der Waals surface area contributed by atoms with Gasteiger partial charge in [0.1, 0.15) is 5.75 Å². The third-order valence-electron chi connectivity index (χ3n) is 5.18. The third-order valence-corrected chi connectivity index (χ3v) is 7.08. The van der Waals surface area contributed by atoms with Crippen molar-refractivity contribution in [2.24, 2.45) is 5.92 Å². The molecule has 1 saturated carbocycles. The molecule has 1 aliphatic heterocycles. The molecule has 1 amide bonds. The maximum atomic E-state index is 12.9. The molecular formula is C19H26N2O6S. The molecule has 1 N–H and O–H groups in total. The van der Waals surface area contributed by atoms with Gasteiger partial charge in [-0.3, -0.25) is 9.59 Å². The molecular weight excluding hydrogens is 384 g/mol. The van der Waals surface area contributed by atoms with Crippen LogP contribution in [0.15, 0.2) is 23.1 Å². The second-order valence-corrected chi connectivity index (χ2v) is 9.05. The van der Waals surface area contributed by atoms with Gasteiger partial charge in [0.05, 0.1) is 23.6 Å². The van der Waals surface area contributed by atoms with Gasteiger partial charge in [0.25, 0.3) is 5.91 Å². The maximum absolute atomic E-state index is 12.9. The number of anilines is 1. The first kappa shape index (κ1) is 20.6. The Morgan fingerprint density at radius 3 is 2.46 bits per heavy atom. The highest BCUT2D eigenvalue weighted by Gasteiger charge is 2.28. The number of carbonyl (C=O) groups is 2. The van der Waals surface area contributed by atoms with Crippen molar-refractivity contribution in [3.63, 3.8) is 0 Å². The van der Waals surface area contributed by atoms with Gasteiger partial charge in [-0.05, 0) is 43.9 Å². The van der Waals surface area contributed by atoms with Crippen LogP contribution in [0.5, 0.6) is 5.75 Å². The van der Waals surface area contributed by atoms with Gasteiger partial charge >= 0.3 is 5.97 Å². The average molecular weight is 410 g/mol. The van der Waals surface area contributed by atoms with E-state index in [-0.39, 0.29) is 22.5 Å². The van der Waals surface area contributed by atoms with Gasteiger partial charge in [0.15, 0.2) is 6.61 Å². The Balaban J connectivity index is 1.69. The Morgan fingerprint density at radius 2 is 1.86 bits per heavy atom. The zero-order valence-electron chi connectivity index (χ0n) is 16.0. The van der Waals surface area contributed by atoms with E-state index in [2.05, 4.69) is 5.32 Å². The molecule has 0 bridgehead atoms. The molecule has 0 aromatic heterocycles. The first-order valence-electron chi connectivity index (χ1n) is 9.56. The van der Waals surface area contributed by atoms with Crippen LogP contribution in [-0.4, -0.2) is 51.4 Å². The Kier molecular flexibility index (Phi) is 6.56. The van der Waals surface area contributed by atoms with Crippen molar-refractivity contribution in [1.82, 2.24) is 4.31 Å². The number of piperidine rings is 1. The molecule has 154 valence electrons. The van der Waals surface area contributed by atoms with Gasteiger partial charge in [-0.1, -0.05) is 12.8 Å². The number of esters is 1. The number of carbonyl (C=O) groups excluding carboxylic acids is 2. The number of amides is 1. The van der Waals surface area contributed by atoms with Crippen molar-refractivity contribution in [2.75, 3.05) is 32.1 Å². The van der Waals surface area contributed by atoms with E-state index in [1.807, 2.05) is 0 Å². The lowest BCUT2D eigenvalue weighted by Gasteiger charge is -2.26. The predicted octanol–water partition coefficient (Wildman–Crippen LogP) is 2.15. The van der Waals surface area contributed by atoms with E-state index in [9.17, 15) is 18.0 Å². The number of methoxy groups -OCH3 is 1. The number of sulfonamides is 1. The number of hydrogen-bond acceptors (Lipinski definition) is 6. The van der Waals surface area contributed by atoms with Crippen molar-refractivity contribution in [2.45, 2.75) is 43.4 Å². The van der Waals surface area contributed by atoms with E-state index >= 15 is 0 Å². The number of nitrogens with one attached hydrogen (secondary N) is 1. The lowest BCUT2D eigenvalue weighted by Crippen LogP contribution is -2.35. The van der Waals surface area contributed by atoms with Crippen LogP contribution in [0, 0.1) is 5.92 Å². The van der Waals surface area contributed by atoms with Crippen LogP contribution in [0.4, 0.5) is 5.69 Å². The highest BCUT2D eigenvalue weighted by atomic mass is 32.2. The molecule has 0 radical (unpaired) electrons. The summed E-state index contributed by atoms with van der Waals surface area (Å²) in [6.45, 7) is 0.571. The average Bonchev–Trinajstić information content (AvgIpc) is 2.65. The van der Waals surface area contributed by atoms with Gasteiger partial charge in [0.2, 0.25) is 10.0 Å². The summed E-state index contributed by atoms with van der Waals surface area (Å²) < 4.78 is 37.4. The van der Waals surface area contributed by atoms with Crippen molar-refractivity contribution >= 4 is 27.6 Å². The molecule has 1 aliphatic carbocycles. The van der Waals surface area contributed by atoms with E-state index in [1.54, 1.807) is 0 Å². The summed E-state index contributed by atoms with van der Waals surface area (Å²) in [5.41, 5.74) is 0.227. The van der Waals surface area contributed by atoms with Crippen molar-refractivity contribution in [3.05, 3.63) is 18.2 Å². The summed E-state index contributed by atoms with van der Waals surface area (Å²) in [5, 5.41) is 2.58. The van der Waals surface area contributed by atoms with Gasteiger partial charge < -0.3 is 14.8 Å². The smallest absolute Gasteiger partial charge is 0.309 e. The molecule has 28 heavy (non-hydrogen) atoms. The molecule has 0 atom stereocenters. The Bertz CT molecular complexity index is 829. The summed E-state index contributed by atoms with van der Waals surface area (Å²) in [7, 11) is -2.21. The normalized spacial score (nSPS) is 18.2. The second kappa shape index (κ2) is 8.91. The molecule has 9 heteroatoms. The topological polar surface area (TPSA) is 102 Å². The highest BCUT2D eigenvalue weighted by molar-refractivity contribution is 7.89. The highest BCUT2D eigenvalue weighted by Crippen LogP contribution is 2.30. The summed E-state index contributed by atoms with van der Waals surface area (Å²) in [6.07, 6.45) is 5.29. The minimum atomic E-state index is -3.64. The monoisotopic (exact) mass is 410 g/mol. The molecule has 1 heterocycles. The van der Waals surface area contributed by atoms with Crippen LogP contribution in [0.3, 0.4) is 0 Å². The Hall–Kier alpha value is -2.13.